The number of ether oxygens (including phenoxy) is 1. The number of carbonyl (C=O) groups excluding carboxylic acids is 1. The first kappa shape index (κ1) is 28.1. The highest BCUT2D eigenvalue weighted by atomic mass is 32.2. The number of carbonyl (C=O) groups is 1. The monoisotopic (exact) mass is 560 g/mol. The van der Waals surface area contributed by atoms with Gasteiger partial charge in [-0.25, -0.2) is 27.9 Å². The zero-order chi connectivity index (χ0) is 27.5. The van der Waals surface area contributed by atoms with Crippen molar-refractivity contribution in [1.82, 2.24) is 25.0 Å². The highest BCUT2D eigenvalue weighted by Crippen LogP contribution is 2.40. The van der Waals surface area contributed by atoms with Crippen LogP contribution in [-0.4, -0.2) is 47.1 Å². The van der Waals surface area contributed by atoms with Gasteiger partial charge in [0.05, 0.1) is 20.9 Å². The zero-order valence-electron chi connectivity index (χ0n) is 22.4. The first-order chi connectivity index (χ1) is 17.9. The summed E-state index contributed by atoms with van der Waals surface area (Å²) in [6.45, 7) is 9.10. The molecule has 2 heterocycles. The van der Waals surface area contributed by atoms with Gasteiger partial charge in [0.15, 0.2) is 0 Å². The smallest absolute Gasteiger partial charge is 0.407 e. The molecule has 1 aromatic carbocycles. The minimum atomic E-state index is -3.84. The maximum absolute atomic E-state index is 13.5. The van der Waals surface area contributed by atoms with Crippen LogP contribution in [0.15, 0.2) is 41.7 Å². The highest BCUT2D eigenvalue weighted by molar-refractivity contribution is 7.89. The minimum absolute atomic E-state index is 0.0892. The van der Waals surface area contributed by atoms with Crippen molar-refractivity contribution in [3.8, 4) is 10.4 Å². The normalized spacial score (nSPS) is 18.4. The van der Waals surface area contributed by atoms with Crippen molar-refractivity contribution < 1.29 is 17.9 Å². The van der Waals surface area contributed by atoms with Crippen LogP contribution in [0.2, 0.25) is 0 Å². The second kappa shape index (κ2) is 11.4. The fraction of sp³-hybridized carbons (Fsp3) is 0.500. The number of thiazole rings is 1. The van der Waals surface area contributed by atoms with Gasteiger partial charge in [-0.1, -0.05) is 6.07 Å². The van der Waals surface area contributed by atoms with Crippen molar-refractivity contribution in [2.45, 2.75) is 88.8 Å². The predicted octanol–water partition coefficient (Wildman–Crippen LogP) is 5.51. The lowest BCUT2D eigenvalue weighted by atomic mass is 9.86. The molecule has 4 rings (SSSR count). The lowest BCUT2D eigenvalue weighted by molar-refractivity contribution is 0.109. The van der Waals surface area contributed by atoms with Crippen LogP contribution >= 0.6 is 11.3 Å². The van der Waals surface area contributed by atoms with Gasteiger partial charge in [-0.05, 0) is 72.4 Å². The van der Waals surface area contributed by atoms with E-state index < -0.39 is 15.6 Å². The van der Waals surface area contributed by atoms with Gasteiger partial charge in [0.2, 0.25) is 16.0 Å². The summed E-state index contributed by atoms with van der Waals surface area (Å²) in [6.07, 6.45) is 8.01. The second-order valence-corrected chi connectivity index (χ2v) is 13.6. The molecule has 4 N–H and O–H groups in total. The maximum Gasteiger partial charge on any atom is 0.407 e. The third-order valence-electron chi connectivity index (χ3n) is 6.00. The van der Waals surface area contributed by atoms with Crippen molar-refractivity contribution in [3.05, 3.63) is 41.8 Å². The first-order valence-corrected chi connectivity index (χ1v) is 15.1. The quantitative estimate of drug-likeness (QED) is 0.285. The number of imidazole rings is 1. The molecule has 0 saturated heterocycles. The van der Waals surface area contributed by atoms with Crippen molar-refractivity contribution in [3.63, 3.8) is 0 Å². The van der Waals surface area contributed by atoms with Crippen molar-refractivity contribution >= 4 is 39.1 Å². The number of nitrogens with one attached hydrogen (secondary N) is 4. The largest absolute Gasteiger partial charge is 0.447 e. The standard InChI is InChI=1S/C26H36N6O4S2/c1-16(2)36-25(33)31-18-8-6-17(7-9-18)23-29-15-21(37-23)20-11-10-19(30-24-27-12-13-28-24)14-22(20)38(34,35)32-26(3,4)5/h10-18,32H,6-9H2,1-5H3,(H,31,33)(H2,27,28,30)/t17-,18+. The summed E-state index contributed by atoms with van der Waals surface area (Å²) in [4.78, 5) is 24.7. The number of alkyl carbamates (subject to hydrolysis) is 1. The van der Waals surface area contributed by atoms with Gasteiger partial charge in [0.25, 0.3) is 0 Å². The predicted molar refractivity (Wildman–Crippen MR) is 149 cm³/mol. The summed E-state index contributed by atoms with van der Waals surface area (Å²) in [5.41, 5.74) is 0.556. The van der Waals surface area contributed by atoms with Gasteiger partial charge in [0.1, 0.15) is 0 Å². The molecule has 0 unspecified atom stereocenters. The van der Waals surface area contributed by atoms with E-state index in [4.69, 9.17) is 4.74 Å². The first-order valence-electron chi connectivity index (χ1n) is 12.8. The lowest BCUT2D eigenvalue weighted by Crippen LogP contribution is -2.40. The van der Waals surface area contributed by atoms with Gasteiger partial charge < -0.3 is 20.4 Å². The third-order valence-corrected chi connectivity index (χ3v) is 8.99. The van der Waals surface area contributed by atoms with Gasteiger partial charge in [-0.15, -0.1) is 11.3 Å². The van der Waals surface area contributed by atoms with Crippen LogP contribution in [0.25, 0.3) is 10.4 Å². The Morgan fingerprint density at radius 3 is 2.53 bits per heavy atom. The Kier molecular flexibility index (Phi) is 8.43. The molecule has 12 heteroatoms. The second-order valence-electron chi connectivity index (χ2n) is 10.8. The number of anilines is 2. The van der Waals surface area contributed by atoms with Crippen LogP contribution in [0.5, 0.6) is 0 Å². The molecule has 1 fully saturated rings. The van der Waals surface area contributed by atoms with E-state index in [1.165, 1.54) is 11.3 Å². The molecule has 0 spiro atoms. The average Bonchev–Trinajstić information content (AvgIpc) is 3.50. The van der Waals surface area contributed by atoms with Crippen LogP contribution in [0.3, 0.4) is 0 Å². The molecule has 206 valence electrons. The van der Waals surface area contributed by atoms with Crippen molar-refractivity contribution in [2.24, 2.45) is 0 Å². The summed E-state index contributed by atoms with van der Waals surface area (Å²) in [5, 5.41) is 7.04. The minimum Gasteiger partial charge on any atom is -0.447 e. The molecule has 0 bridgehead atoms. The van der Waals surface area contributed by atoms with Gasteiger partial charge in [-0.3, -0.25) is 0 Å². The summed E-state index contributed by atoms with van der Waals surface area (Å²) < 4.78 is 34.9. The van der Waals surface area contributed by atoms with E-state index in [2.05, 4.69) is 30.3 Å². The van der Waals surface area contributed by atoms with Crippen molar-refractivity contribution in [1.29, 1.82) is 0 Å². The van der Waals surface area contributed by atoms with Crippen LogP contribution in [-0.2, 0) is 14.8 Å². The topological polar surface area (TPSA) is 138 Å². The molecule has 38 heavy (non-hydrogen) atoms. The molecular weight excluding hydrogens is 524 g/mol. The summed E-state index contributed by atoms with van der Waals surface area (Å²) in [5.74, 6) is 0.785. The average molecular weight is 561 g/mol. The third kappa shape index (κ3) is 7.33. The fourth-order valence-electron chi connectivity index (χ4n) is 4.45. The number of amides is 1. The van der Waals surface area contributed by atoms with E-state index in [1.807, 2.05) is 40.7 Å². The number of hydrogen-bond acceptors (Lipinski definition) is 8. The SMILES string of the molecule is CC(C)OC(=O)N[C@H]1CC[C@@H](c2ncc(-c3ccc(Nc4ncc[nH]4)cc3S(=O)(=O)NC(C)(C)C)s2)CC1. The molecule has 1 amide bonds. The Balaban J connectivity index is 1.54. The number of sulfonamides is 1. The molecule has 0 aliphatic heterocycles. The number of aromatic nitrogens is 3. The van der Waals surface area contributed by atoms with E-state index in [9.17, 15) is 13.2 Å². The molecule has 3 aromatic rings. The Bertz CT molecular complexity index is 1340. The van der Waals surface area contributed by atoms with Crippen LogP contribution < -0.4 is 15.4 Å². The number of aromatic amines is 1. The molecule has 10 nitrogen and oxygen atoms in total. The Labute approximate surface area is 228 Å². The van der Waals surface area contributed by atoms with E-state index >= 15 is 0 Å². The molecule has 1 aliphatic rings. The summed E-state index contributed by atoms with van der Waals surface area (Å²) in [7, 11) is -3.84. The lowest BCUT2D eigenvalue weighted by Gasteiger charge is -2.28. The van der Waals surface area contributed by atoms with Gasteiger partial charge in [0, 0.05) is 47.3 Å². The fourth-order valence-corrected chi connectivity index (χ4v) is 7.31. The Hall–Kier alpha value is -2.96. The van der Waals surface area contributed by atoms with E-state index in [1.54, 1.807) is 30.7 Å². The number of nitrogens with zero attached hydrogens (tertiary/aromatic N) is 2. The zero-order valence-corrected chi connectivity index (χ0v) is 24.0. The van der Waals surface area contributed by atoms with E-state index in [0.717, 1.165) is 35.6 Å². The van der Waals surface area contributed by atoms with E-state index in [-0.39, 0.29) is 29.1 Å². The number of hydrogen-bond donors (Lipinski definition) is 4. The Morgan fingerprint density at radius 1 is 1.16 bits per heavy atom. The molecule has 2 aromatic heterocycles. The van der Waals surface area contributed by atoms with Gasteiger partial charge >= 0.3 is 6.09 Å². The number of rotatable bonds is 8. The number of benzene rings is 1. The highest BCUT2D eigenvalue weighted by Gasteiger charge is 2.29. The van der Waals surface area contributed by atoms with Crippen molar-refractivity contribution in [2.75, 3.05) is 5.32 Å². The molecule has 1 saturated carbocycles. The summed E-state index contributed by atoms with van der Waals surface area (Å²) in [6, 6.07) is 5.35. The van der Waals surface area contributed by atoms with Gasteiger partial charge in [-0.2, -0.15) is 0 Å². The van der Waals surface area contributed by atoms with Crippen LogP contribution in [0, 0.1) is 0 Å². The molecular formula is C26H36N6O4S2. The molecule has 0 radical (unpaired) electrons. The molecule has 0 atom stereocenters. The maximum atomic E-state index is 13.5. The summed E-state index contributed by atoms with van der Waals surface area (Å²) >= 11 is 1.52. The Morgan fingerprint density at radius 2 is 1.89 bits per heavy atom. The van der Waals surface area contributed by atoms with E-state index in [0.29, 0.717) is 17.2 Å². The van der Waals surface area contributed by atoms with Crippen LogP contribution in [0.4, 0.5) is 16.4 Å². The molecule has 1 aliphatic carbocycles. The number of H-pyrrole nitrogens is 1. The van der Waals surface area contributed by atoms with Crippen LogP contribution in [0.1, 0.15) is 71.2 Å².